The highest BCUT2D eigenvalue weighted by Gasteiger charge is 1.97. The van der Waals surface area contributed by atoms with E-state index in [1.807, 2.05) is 0 Å². The summed E-state index contributed by atoms with van der Waals surface area (Å²) in [6, 6.07) is 0. The first-order valence-electron chi connectivity index (χ1n) is 2.31. The Kier molecular flexibility index (Phi) is 1.44. The molecule has 1 heterocycles. The predicted octanol–water partition coefficient (Wildman–Crippen LogP) is -0.211. The predicted molar refractivity (Wildman–Crippen MR) is 35.3 cm³/mol. The lowest BCUT2D eigenvalue weighted by Crippen LogP contribution is -2.12. The summed E-state index contributed by atoms with van der Waals surface area (Å²) in [5.74, 6) is 0.0347. The number of hydrogen-bond acceptors (Lipinski definition) is 5. The first-order valence-corrected chi connectivity index (χ1v) is 3.04. The third kappa shape index (κ3) is 1.05. The standard InChI is InChI=1S/C4H5N3OS/c1-2-3(8)4(5)7-9-6-2/h1H3,(H2,5,7). The number of nitrogens with two attached hydrogens (primary N) is 1. The molecule has 0 fully saturated rings. The molecule has 4 nitrogen and oxygen atoms in total. The average molecular weight is 143 g/mol. The van der Waals surface area contributed by atoms with Gasteiger partial charge in [-0.2, -0.15) is 8.75 Å². The van der Waals surface area contributed by atoms with Crippen molar-refractivity contribution in [3.63, 3.8) is 0 Å². The van der Waals surface area contributed by atoms with Crippen molar-refractivity contribution in [2.45, 2.75) is 6.92 Å². The second-order valence-corrected chi connectivity index (χ2v) is 2.09. The molecule has 0 radical (unpaired) electrons. The van der Waals surface area contributed by atoms with Crippen LogP contribution >= 0.6 is 11.7 Å². The molecular formula is C4H5N3OS. The second-order valence-electron chi connectivity index (χ2n) is 1.56. The van der Waals surface area contributed by atoms with Gasteiger partial charge in [0.15, 0.2) is 5.82 Å². The summed E-state index contributed by atoms with van der Waals surface area (Å²) in [4.78, 5) is 10.7. The molecule has 9 heavy (non-hydrogen) atoms. The van der Waals surface area contributed by atoms with Gasteiger partial charge in [0.05, 0.1) is 11.7 Å². The number of nitrogens with zero attached hydrogens (tertiary/aromatic N) is 2. The molecule has 1 aromatic heterocycles. The van der Waals surface area contributed by atoms with Gasteiger partial charge in [-0.1, -0.05) is 0 Å². The Balaban J connectivity index is 3.43. The van der Waals surface area contributed by atoms with E-state index < -0.39 is 0 Å². The highest BCUT2D eigenvalue weighted by atomic mass is 32.1. The minimum Gasteiger partial charge on any atom is -0.380 e. The van der Waals surface area contributed by atoms with Crippen LogP contribution in [0.25, 0.3) is 0 Å². The van der Waals surface area contributed by atoms with Crippen LogP contribution in [0.15, 0.2) is 4.79 Å². The van der Waals surface area contributed by atoms with Crippen LogP contribution in [0, 0.1) is 6.92 Å². The van der Waals surface area contributed by atoms with Crippen LogP contribution in [-0.4, -0.2) is 8.75 Å². The smallest absolute Gasteiger partial charge is 0.243 e. The van der Waals surface area contributed by atoms with Crippen molar-refractivity contribution in [1.82, 2.24) is 8.75 Å². The summed E-state index contributed by atoms with van der Waals surface area (Å²) in [5.41, 5.74) is 5.31. The molecule has 0 atom stereocenters. The molecule has 5 heteroatoms. The van der Waals surface area contributed by atoms with Crippen molar-refractivity contribution in [3.8, 4) is 0 Å². The Bertz CT molecular complexity index is 246. The molecule has 2 N–H and O–H groups in total. The van der Waals surface area contributed by atoms with Gasteiger partial charge in [0.2, 0.25) is 5.43 Å². The lowest BCUT2D eigenvalue weighted by Gasteiger charge is -1.86. The minimum atomic E-state index is -0.270. The maximum Gasteiger partial charge on any atom is 0.243 e. The summed E-state index contributed by atoms with van der Waals surface area (Å²) in [5, 5.41) is 0. The first-order chi connectivity index (χ1) is 4.22. The molecule has 0 aliphatic carbocycles. The SMILES string of the molecule is Cc1nsnc(N)c1=O. The van der Waals surface area contributed by atoms with E-state index in [9.17, 15) is 4.79 Å². The molecule has 0 spiro atoms. The van der Waals surface area contributed by atoms with Crippen LogP contribution in [0.2, 0.25) is 0 Å². The van der Waals surface area contributed by atoms with Crippen molar-refractivity contribution in [1.29, 1.82) is 0 Å². The zero-order chi connectivity index (χ0) is 6.85. The third-order valence-corrected chi connectivity index (χ3v) is 1.51. The van der Waals surface area contributed by atoms with Crippen molar-refractivity contribution < 1.29 is 0 Å². The van der Waals surface area contributed by atoms with E-state index in [0.29, 0.717) is 5.69 Å². The zero-order valence-electron chi connectivity index (χ0n) is 4.79. The molecule has 0 aliphatic rings. The molecular weight excluding hydrogens is 138 g/mol. The molecule has 1 rings (SSSR count). The van der Waals surface area contributed by atoms with E-state index in [1.54, 1.807) is 6.92 Å². The summed E-state index contributed by atoms with van der Waals surface area (Å²) in [6.07, 6.45) is 0. The Labute approximate surface area is 55.7 Å². The van der Waals surface area contributed by atoms with Gasteiger partial charge < -0.3 is 5.73 Å². The topological polar surface area (TPSA) is 68.9 Å². The molecule has 0 bridgehead atoms. The third-order valence-electron chi connectivity index (χ3n) is 0.878. The van der Waals surface area contributed by atoms with Gasteiger partial charge in [0.25, 0.3) is 0 Å². The largest absolute Gasteiger partial charge is 0.380 e. The fourth-order valence-electron chi connectivity index (χ4n) is 0.394. The highest BCUT2D eigenvalue weighted by molar-refractivity contribution is 6.99. The fourth-order valence-corrected chi connectivity index (χ4v) is 0.811. The quantitative estimate of drug-likeness (QED) is 0.545. The molecule has 0 aliphatic heterocycles. The Morgan fingerprint density at radius 1 is 1.56 bits per heavy atom. The number of aromatic nitrogens is 2. The Morgan fingerprint density at radius 3 is 2.67 bits per heavy atom. The number of rotatable bonds is 0. The summed E-state index contributed by atoms with van der Waals surface area (Å²) < 4.78 is 7.21. The molecule has 0 unspecified atom stereocenters. The van der Waals surface area contributed by atoms with Crippen molar-refractivity contribution in [2.24, 2.45) is 0 Å². The van der Waals surface area contributed by atoms with Crippen LogP contribution < -0.4 is 11.2 Å². The normalized spacial score (nSPS) is 9.44. The first kappa shape index (κ1) is 6.15. The average Bonchev–Trinajstić information content (AvgIpc) is 1.83. The van der Waals surface area contributed by atoms with Crippen LogP contribution in [0.1, 0.15) is 5.69 Å². The van der Waals surface area contributed by atoms with E-state index in [-0.39, 0.29) is 11.2 Å². The molecule has 0 amide bonds. The van der Waals surface area contributed by atoms with E-state index in [4.69, 9.17) is 5.73 Å². The van der Waals surface area contributed by atoms with Gasteiger partial charge in [0, 0.05) is 0 Å². The van der Waals surface area contributed by atoms with E-state index >= 15 is 0 Å². The van der Waals surface area contributed by atoms with E-state index in [2.05, 4.69) is 8.75 Å². The molecule has 0 saturated carbocycles. The molecule has 48 valence electrons. The maximum absolute atomic E-state index is 10.7. The lowest BCUT2D eigenvalue weighted by atomic mass is 10.4. The lowest BCUT2D eigenvalue weighted by molar-refractivity contribution is 1.23. The highest BCUT2D eigenvalue weighted by Crippen LogP contribution is 1.89. The molecule has 0 saturated heterocycles. The van der Waals surface area contributed by atoms with Gasteiger partial charge in [-0.05, 0) is 6.92 Å². The number of aryl methyl sites for hydroxylation is 1. The maximum atomic E-state index is 10.7. The van der Waals surface area contributed by atoms with Gasteiger partial charge in [-0.25, -0.2) is 0 Å². The van der Waals surface area contributed by atoms with Crippen molar-refractivity contribution in [3.05, 3.63) is 15.9 Å². The molecule has 1 aromatic rings. The van der Waals surface area contributed by atoms with E-state index in [0.717, 1.165) is 11.7 Å². The number of nitrogen functional groups attached to an aromatic ring is 1. The number of anilines is 1. The van der Waals surface area contributed by atoms with Gasteiger partial charge in [-0.15, -0.1) is 0 Å². The summed E-state index contributed by atoms with van der Waals surface area (Å²) >= 11 is 0.945. The van der Waals surface area contributed by atoms with Gasteiger partial charge >= 0.3 is 0 Å². The monoisotopic (exact) mass is 143 g/mol. The van der Waals surface area contributed by atoms with Crippen molar-refractivity contribution >= 4 is 17.5 Å². The van der Waals surface area contributed by atoms with Crippen LogP contribution in [-0.2, 0) is 0 Å². The Morgan fingerprint density at radius 2 is 2.22 bits per heavy atom. The van der Waals surface area contributed by atoms with Crippen LogP contribution in [0.4, 0.5) is 5.82 Å². The molecule has 0 aromatic carbocycles. The Hall–Kier alpha value is -0.970. The number of hydrogen-bond donors (Lipinski definition) is 1. The summed E-state index contributed by atoms with van der Waals surface area (Å²) in [7, 11) is 0. The van der Waals surface area contributed by atoms with Crippen molar-refractivity contribution in [2.75, 3.05) is 5.73 Å². The van der Waals surface area contributed by atoms with Gasteiger partial charge in [0.1, 0.15) is 5.69 Å². The van der Waals surface area contributed by atoms with Gasteiger partial charge in [-0.3, -0.25) is 4.79 Å². The summed E-state index contributed by atoms with van der Waals surface area (Å²) in [6.45, 7) is 1.61. The van der Waals surface area contributed by atoms with Crippen LogP contribution in [0.5, 0.6) is 0 Å². The minimum absolute atomic E-state index is 0.0347. The fraction of sp³-hybridized carbons (Fsp3) is 0.250. The second kappa shape index (κ2) is 2.10. The van der Waals surface area contributed by atoms with E-state index in [1.165, 1.54) is 0 Å². The van der Waals surface area contributed by atoms with Crippen LogP contribution in [0.3, 0.4) is 0 Å². The zero-order valence-corrected chi connectivity index (χ0v) is 5.60.